The van der Waals surface area contributed by atoms with E-state index in [0.717, 1.165) is 31.9 Å². The molecule has 1 aromatic rings. The summed E-state index contributed by atoms with van der Waals surface area (Å²) in [5.74, 6) is -1.63. The van der Waals surface area contributed by atoms with Gasteiger partial charge in [-0.3, -0.25) is 14.9 Å². The number of carbonyl (C=O) groups excluding carboxylic acids is 2. The van der Waals surface area contributed by atoms with Crippen molar-refractivity contribution in [1.82, 2.24) is 10.6 Å². The van der Waals surface area contributed by atoms with Gasteiger partial charge in [0.25, 0.3) is 0 Å². The first-order valence-electron chi connectivity index (χ1n) is 7.24. The van der Waals surface area contributed by atoms with Crippen LogP contribution in [0.2, 0.25) is 0 Å². The van der Waals surface area contributed by atoms with Crippen LogP contribution in [0.25, 0.3) is 0 Å². The highest BCUT2D eigenvalue weighted by atomic mass is 19.1. The van der Waals surface area contributed by atoms with Gasteiger partial charge in [0.1, 0.15) is 5.82 Å². The highest BCUT2D eigenvalue weighted by Gasteiger charge is 2.30. The number of piperidine rings is 1. The molecular formula is C15H18FN3O2. The average molecular weight is 291 g/mol. The van der Waals surface area contributed by atoms with Gasteiger partial charge in [-0.25, -0.2) is 4.39 Å². The molecule has 2 saturated heterocycles. The quantitative estimate of drug-likeness (QED) is 0.790. The van der Waals surface area contributed by atoms with Crippen LogP contribution < -0.4 is 15.5 Å². The first-order valence-corrected chi connectivity index (χ1v) is 7.24. The van der Waals surface area contributed by atoms with Crippen molar-refractivity contribution in [2.45, 2.75) is 18.8 Å². The fourth-order valence-electron chi connectivity index (χ4n) is 2.91. The Morgan fingerprint density at radius 3 is 2.62 bits per heavy atom. The van der Waals surface area contributed by atoms with Crippen LogP contribution >= 0.6 is 0 Å². The Balaban J connectivity index is 1.81. The number of piperazine rings is 1. The van der Waals surface area contributed by atoms with E-state index in [2.05, 4.69) is 15.5 Å². The zero-order valence-corrected chi connectivity index (χ0v) is 11.7. The van der Waals surface area contributed by atoms with Gasteiger partial charge in [0.05, 0.1) is 5.92 Å². The monoisotopic (exact) mass is 291 g/mol. The van der Waals surface area contributed by atoms with E-state index in [-0.39, 0.29) is 18.1 Å². The third-order valence-electron chi connectivity index (χ3n) is 4.08. The zero-order valence-electron chi connectivity index (χ0n) is 11.7. The number of nitrogens with one attached hydrogen (secondary N) is 2. The second-order valence-corrected chi connectivity index (χ2v) is 5.45. The molecule has 0 aromatic heterocycles. The molecule has 112 valence electrons. The van der Waals surface area contributed by atoms with E-state index in [1.165, 1.54) is 6.07 Å². The van der Waals surface area contributed by atoms with Crippen LogP contribution in [-0.4, -0.2) is 38.0 Å². The molecule has 2 aliphatic rings. The van der Waals surface area contributed by atoms with Crippen LogP contribution in [0.3, 0.4) is 0 Å². The van der Waals surface area contributed by atoms with Gasteiger partial charge in [0.15, 0.2) is 0 Å². The number of anilines is 1. The highest BCUT2D eigenvalue weighted by molar-refractivity contribution is 6.00. The molecule has 2 heterocycles. The van der Waals surface area contributed by atoms with Crippen LogP contribution in [-0.2, 0) is 9.59 Å². The summed E-state index contributed by atoms with van der Waals surface area (Å²) < 4.78 is 14.4. The van der Waals surface area contributed by atoms with Gasteiger partial charge in [0.2, 0.25) is 11.8 Å². The molecule has 0 saturated carbocycles. The molecule has 2 fully saturated rings. The number of hydrogen-bond donors (Lipinski definition) is 2. The summed E-state index contributed by atoms with van der Waals surface area (Å²) in [6.07, 6.45) is 0.629. The van der Waals surface area contributed by atoms with Gasteiger partial charge in [-0.1, -0.05) is 6.07 Å². The van der Waals surface area contributed by atoms with E-state index < -0.39 is 11.8 Å². The van der Waals surface area contributed by atoms with Crippen molar-refractivity contribution in [3.8, 4) is 0 Å². The summed E-state index contributed by atoms with van der Waals surface area (Å²) in [4.78, 5) is 25.1. The summed E-state index contributed by atoms with van der Waals surface area (Å²) >= 11 is 0. The van der Waals surface area contributed by atoms with E-state index in [9.17, 15) is 14.0 Å². The number of carbonyl (C=O) groups is 2. The lowest BCUT2D eigenvalue weighted by Gasteiger charge is -2.30. The molecule has 21 heavy (non-hydrogen) atoms. The maximum Gasteiger partial charge on any atom is 0.234 e. The van der Waals surface area contributed by atoms with E-state index in [4.69, 9.17) is 0 Å². The number of benzene rings is 1. The second kappa shape index (κ2) is 5.81. The van der Waals surface area contributed by atoms with Crippen molar-refractivity contribution in [2.24, 2.45) is 0 Å². The number of halogens is 1. The minimum atomic E-state index is -0.570. The van der Waals surface area contributed by atoms with Crippen molar-refractivity contribution in [3.63, 3.8) is 0 Å². The number of hydrogen-bond acceptors (Lipinski definition) is 4. The zero-order chi connectivity index (χ0) is 14.8. The summed E-state index contributed by atoms with van der Waals surface area (Å²) in [7, 11) is 0. The van der Waals surface area contributed by atoms with E-state index in [1.807, 2.05) is 6.07 Å². The molecule has 3 rings (SSSR count). The topological polar surface area (TPSA) is 61.4 Å². The summed E-state index contributed by atoms with van der Waals surface area (Å²) in [5, 5.41) is 5.52. The fourth-order valence-corrected chi connectivity index (χ4v) is 2.91. The summed E-state index contributed by atoms with van der Waals surface area (Å²) in [6, 6.07) is 5.02. The molecule has 1 aromatic carbocycles. The largest absolute Gasteiger partial charge is 0.369 e. The normalized spacial score (nSPS) is 23.1. The number of rotatable bonds is 2. The Morgan fingerprint density at radius 2 is 1.95 bits per heavy atom. The van der Waals surface area contributed by atoms with Gasteiger partial charge in [-0.05, 0) is 18.6 Å². The molecular weight excluding hydrogens is 273 g/mol. The van der Waals surface area contributed by atoms with Crippen LogP contribution in [0, 0.1) is 5.82 Å². The molecule has 2 amide bonds. The Labute approximate surface area is 122 Å². The van der Waals surface area contributed by atoms with Gasteiger partial charge >= 0.3 is 0 Å². The maximum atomic E-state index is 14.4. The second-order valence-electron chi connectivity index (χ2n) is 5.45. The first-order chi connectivity index (χ1) is 10.1. The van der Waals surface area contributed by atoms with Crippen LogP contribution in [0.4, 0.5) is 10.1 Å². The van der Waals surface area contributed by atoms with E-state index in [0.29, 0.717) is 12.0 Å². The number of amides is 2. The van der Waals surface area contributed by atoms with Crippen molar-refractivity contribution < 1.29 is 14.0 Å². The van der Waals surface area contributed by atoms with Crippen LogP contribution in [0.15, 0.2) is 18.2 Å². The van der Waals surface area contributed by atoms with Crippen molar-refractivity contribution in [3.05, 3.63) is 29.6 Å². The molecule has 5 nitrogen and oxygen atoms in total. The molecule has 6 heteroatoms. The van der Waals surface area contributed by atoms with Crippen LogP contribution in [0.5, 0.6) is 0 Å². The van der Waals surface area contributed by atoms with Gasteiger partial charge in [-0.2, -0.15) is 0 Å². The summed E-state index contributed by atoms with van der Waals surface area (Å²) in [5.41, 5.74) is 1.21. The number of imide groups is 1. The lowest BCUT2D eigenvalue weighted by atomic mass is 9.90. The predicted octanol–water partition coefficient (Wildman–Crippen LogP) is 0.755. The average Bonchev–Trinajstić information content (AvgIpc) is 2.49. The van der Waals surface area contributed by atoms with Crippen LogP contribution in [0.1, 0.15) is 24.3 Å². The molecule has 0 bridgehead atoms. The highest BCUT2D eigenvalue weighted by Crippen LogP contribution is 2.29. The van der Waals surface area contributed by atoms with Gasteiger partial charge in [-0.15, -0.1) is 0 Å². The molecule has 2 N–H and O–H groups in total. The van der Waals surface area contributed by atoms with E-state index >= 15 is 0 Å². The smallest absolute Gasteiger partial charge is 0.234 e. The lowest BCUT2D eigenvalue weighted by Crippen LogP contribution is -2.43. The van der Waals surface area contributed by atoms with Crippen molar-refractivity contribution >= 4 is 17.5 Å². The third-order valence-corrected chi connectivity index (χ3v) is 4.08. The molecule has 1 unspecified atom stereocenters. The van der Waals surface area contributed by atoms with E-state index in [1.54, 1.807) is 6.07 Å². The first kappa shape index (κ1) is 14.0. The van der Waals surface area contributed by atoms with Gasteiger partial charge < -0.3 is 10.2 Å². The molecule has 2 aliphatic heterocycles. The maximum absolute atomic E-state index is 14.4. The lowest BCUT2D eigenvalue weighted by molar-refractivity contribution is -0.134. The standard InChI is InChI=1S/C15H18FN3O2/c16-13-9-10(19-7-5-17-6-8-19)1-2-11(13)12-3-4-14(20)18-15(12)21/h1-2,9,12,17H,3-8H2,(H,18,20,21). The third kappa shape index (κ3) is 2.90. The Hall–Kier alpha value is -1.95. The fraction of sp³-hybridized carbons (Fsp3) is 0.467. The van der Waals surface area contributed by atoms with Crippen molar-refractivity contribution in [2.75, 3.05) is 31.1 Å². The molecule has 0 spiro atoms. The Bertz CT molecular complexity index is 570. The Kier molecular flexibility index (Phi) is 3.88. The SMILES string of the molecule is O=C1CCC(c2ccc(N3CCNCC3)cc2F)C(=O)N1. The molecule has 1 atom stereocenters. The number of nitrogens with zero attached hydrogens (tertiary/aromatic N) is 1. The van der Waals surface area contributed by atoms with Gasteiger partial charge in [0, 0.05) is 43.9 Å². The predicted molar refractivity (Wildman–Crippen MR) is 76.6 cm³/mol. The minimum absolute atomic E-state index is 0.259. The summed E-state index contributed by atoms with van der Waals surface area (Å²) in [6.45, 7) is 3.46. The molecule has 0 radical (unpaired) electrons. The molecule has 0 aliphatic carbocycles. The Morgan fingerprint density at radius 1 is 1.19 bits per heavy atom. The van der Waals surface area contributed by atoms with Crippen molar-refractivity contribution in [1.29, 1.82) is 0 Å². The minimum Gasteiger partial charge on any atom is -0.369 e.